The number of rotatable bonds is 9. The molecule has 0 aromatic rings. The predicted molar refractivity (Wildman–Crippen MR) is 70.6 cm³/mol. The molecule has 1 heterocycles. The number of imide groups is 1. The maximum atomic E-state index is 12.0. The fourth-order valence-electron chi connectivity index (χ4n) is 2.09. The van der Waals surface area contributed by atoms with E-state index in [1.807, 2.05) is 20.8 Å². The van der Waals surface area contributed by atoms with Crippen molar-refractivity contribution in [2.45, 2.75) is 52.4 Å². The second kappa shape index (κ2) is 8.12. The normalized spacial score (nSPS) is 19.4. The summed E-state index contributed by atoms with van der Waals surface area (Å²) in [4.78, 5) is 25.0. The third-order valence-corrected chi connectivity index (χ3v) is 2.98. The van der Waals surface area contributed by atoms with E-state index < -0.39 is 0 Å². The molecule has 19 heavy (non-hydrogen) atoms. The highest BCUT2D eigenvalue weighted by Gasteiger charge is 2.37. The second-order valence-corrected chi connectivity index (χ2v) is 4.41. The Labute approximate surface area is 114 Å². The molecule has 1 aliphatic heterocycles. The highest BCUT2D eigenvalue weighted by molar-refractivity contribution is 6.04. The van der Waals surface area contributed by atoms with Crippen LogP contribution in [0.4, 0.5) is 4.79 Å². The van der Waals surface area contributed by atoms with Gasteiger partial charge in [-0.15, -0.1) is 0 Å². The SMILES string of the molecule is CCCC1NC(=O)N(CCC(OCC)OCC)C1=O. The summed E-state index contributed by atoms with van der Waals surface area (Å²) < 4.78 is 10.8. The zero-order valence-corrected chi connectivity index (χ0v) is 12.0. The Morgan fingerprint density at radius 3 is 2.37 bits per heavy atom. The van der Waals surface area contributed by atoms with Crippen LogP contribution in [0.5, 0.6) is 0 Å². The first kappa shape index (κ1) is 15.9. The number of urea groups is 1. The molecule has 1 aliphatic rings. The molecule has 1 unspecified atom stereocenters. The van der Waals surface area contributed by atoms with Gasteiger partial charge in [-0.1, -0.05) is 13.3 Å². The Morgan fingerprint density at radius 2 is 1.84 bits per heavy atom. The van der Waals surface area contributed by atoms with Gasteiger partial charge in [-0.05, 0) is 20.3 Å². The van der Waals surface area contributed by atoms with Gasteiger partial charge in [-0.2, -0.15) is 0 Å². The van der Waals surface area contributed by atoms with Crippen LogP contribution in [0.25, 0.3) is 0 Å². The van der Waals surface area contributed by atoms with Crippen molar-refractivity contribution < 1.29 is 19.1 Å². The van der Waals surface area contributed by atoms with Crippen LogP contribution in [0.3, 0.4) is 0 Å². The van der Waals surface area contributed by atoms with E-state index in [1.54, 1.807) is 0 Å². The van der Waals surface area contributed by atoms with Gasteiger partial charge in [-0.25, -0.2) is 4.79 Å². The van der Waals surface area contributed by atoms with E-state index in [0.717, 1.165) is 6.42 Å². The standard InChI is InChI=1S/C13H24N2O4/c1-4-7-10-12(16)15(13(17)14-10)9-8-11(18-5-2)19-6-3/h10-11H,4-9H2,1-3H3,(H,14,17). The van der Waals surface area contributed by atoms with Crippen LogP contribution in [-0.2, 0) is 14.3 Å². The first-order chi connectivity index (χ1) is 9.13. The third kappa shape index (κ3) is 4.47. The average molecular weight is 272 g/mol. The summed E-state index contributed by atoms with van der Waals surface area (Å²) in [6.07, 6.45) is 1.69. The van der Waals surface area contributed by atoms with Gasteiger partial charge in [-0.3, -0.25) is 9.69 Å². The number of nitrogens with one attached hydrogen (secondary N) is 1. The first-order valence-electron chi connectivity index (χ1n) is 6.99. The lowest BCUT2D eigenvalue weighted by molar-refractivity contribution is -0.143. The maximum Gasteiger partial charge on any atom is 0.324 e. The van der Waals surface area contributed by atoms with E-state index in [2.05, 4.69) is 5.32 Å². The molecule has 6 heteroatoms. The fraction of sp³-hybridized carbons (Fsp3) is 0.846. The minimum absolute atomic E-state index is 0.140. The molecule has 1 atom stereocenters. The molecule has 1 saturated heterocycles. The van der Waals surface area contributed by atoms with E-state index >= 15 is 0 Å². The van der Waals surface area contributed by atoms with Gasteiger partial charge >= 0.3 is 6.03 Å². The number of carbonyl (C=O) groups is 2. The summed E-state index contributed by atoms with van der Waals surface area (Å²) in [6, 6.07) is -0.676. The van der Waals surface area contributed by atoms with E-state index in [0.29, 0.717) is 32.6 Å². The molecule has 0 aliphatic carbocycles. The van der Waals surface area contributed by atoms with Gasteiger partial charge in [0.25, 0.3) is 5.91 Å². The topological polar surface area (TPSA) is 67.9 Å². The second-order valence-electron chi connectivity index (χ2n) is 4.41. The zero-order chi connectivity index (χ0) is 14.3. The minimum atomic E-state index is -0.366. The average Bonchev–Trinajstić information content (AvgIpc) is 2.63. The molecule has 1 fully saturated rings. The van der Waals surface area contributed by atoms with Gasteiger partial charge in [0.05, 0.1) is 0 Å². The molecule has 0 saturated carbocycles. The van der Waals surface area contributed by atoms with Gasteiger partial charge < -0.3 is 14.8 Å². The largest absolute Gasteiger partial charge is 0.353 e. The Morgan fingerprint density at radius 1 is 1.21 bits per heavy atom. The van der Waals surface area contributed by atoms with Crippen molar-refractivity contribution in [2.24, 2.45) is 0 Å². The van der Waals surface area contributed by atoms with E-state index in [1.165, 1.54) is 4.90 Å². The van der Waals surface area contributed by atoms with Gasteiger partial charge in [0.15, 0.2) is 6.29 Å². The summed E-state index contributed by atoms with van der Waals surface area (Å²) in [5.74, 6) is -0.140. The summed E-state index contributed by atoms with van der Waals surface area (Å²) in [5, 5.41) is 2.70. The van der Waals surface area contributed by atoms with Crippen LogP contribution in [0, 0.1) is 0 Å². The Bertz CT molecular complexity index is 303. The number of carbonyl (C=O) groups excluding carboxylic acids is 2. The number of nitrogens with zero attached hydrogens (tertiary/aromatic N) is 1. The molecule has 0 aromatic heterocycles. The quantitative estimate of drug-likeness (QED) is 0.510. The van der Waals surface area contributed by atoms with E-state index in [-0.39, 0.29) is 24.3 Å². The van der Waals surface area contributed by atoms with Gasteiger partial charge in [0, 0.05) is 26.2 Å². The Kier molecular flexibility index (Phi) is 6.80. The minimum Gasteiger partial charge on any atom is -0.353 e. The number of amides is 3. The highest BCUT2D eigenvalue weighted by atomic mass is 16.7. The molecule has 0 radical (unpaired) electrons. The number of hydrogen-bond donors (Lipinski definition) is 1. The van der Waals surface area contributed by atoms with Crippen molar-refractivity contribution in [3.63, 3.8) is 0 Å². The van der Waals surface area contributed by atoms with Crippen LogP contribution in [0.15, 0.2) is 0 Å². The fourth-order valence-corrected chi connectivity index (χ4v) is 2.09. The summed E-state index contributed by atoms with van der Waals surface area (Å²) in [5.41, 5.74) is 0. The van der Waals surface area contributed by atoms with Crippen LogP contribution < -0.4 is 5.32 Å². The lowest BCUT2D eigenvalue weighted by atomic mass is 10.1. The van der Waals surface area contributed by atoms with E-state index in [4.69, 9.17) is 9.47 Å². The summed E-state index contributed by atoms with van der Waals surface area (Å²) >= 11 is 0. The molecule has 0 bridgehead atoms. The van der Waals surface area contributed by atoms with Crippen LogP contribution in [-0.4, -0.2) is 48.9 Å². The Balaban J connectivity index is 2.47. The predicted octanol–water partition coefficient (Wildman–Crippen LogP) is 1.50. The molecule has 1 rings (SSSR count). The smallest absolute Gasteiger partial charge is 0.324 e. The van der Waals surface area contributed by atoms with E-state index in [9.17, 15) is 9.59 Å². The number of hydrogen-bond acceptors (Lipinski definition) is 4. The van der Waals surface area contributed by atoms with Gasteiger partial charge in [0.2, 0.25) is 0 Å². The monoisotopic (exact) mass is 272 g/mol. The highest BCUT2D eigenvalue weighted by Crippen LogP contribution is 2.13. The molecule has 0 spiro atoms. The molecular formula is C13H24N2O4. The molecular weight excluding hydrogens is 248 g/mol. The van der Waals surface area contributed by atoms with Crippen molar-refractivity contribution in [2.75, 3.05) is 19.8 Å². The number of ether oxygens (including phenoxy) is 2. The van der Waals surface area contributed by atoms with Crippen molar-refractivity contribution in [1.82, 2.24) is 10.2 Å². The molecule has 1 N–H and O–H groups in total. The summed E-state index contributed by atoms with van der Waals surface area (Å²) in [6.45, 7) is 7.18. The van der Waals surface area contributed by atoms with Gasteiger partial charge in [0.1, 0.15) is 6.04 Å². The molecule has 3 amide bonds. The van der Waals surface area contributed by atoms with Crippen LogP contribution in [0.2, 0.25) is 0 Å². The van der Waals surface area contributed by atoms with Crippen LogP contribution >= 0.6 is 0 Å². The first-order valence-corrected chi connectivity index (χ1v) is 6.99. The van der Waals surface area contributed by atoms with Crippen molar-refractivity contribution in [3.8, 4) is 0 Å². The lowest BCUT2D eigenvalue weighted by Gasteiger charge is -2.19. The molecule has 0 aromatic carbocycles. The van der Waals surface area contributed by atoms with Crippen molar-refractivity contribution >= 4 is 11.9 Å². The summed E-state index contributed by atoms with van der Waals surface area (Å²) in [7, 11) is 0. The van der Waals surface area contributed by atoms with Crippen molar-refractivity contribution in [1.29, 1.82) is 0 Å². The molecule has 6 nitrogen and oxygen atoms in total. The van der Waals surface area contributed by atoms with Crippen molar-refractivity contribution in [3.05, 3.63) is 0 Å². The van der Waals surface area contributed by atoms with Crippen LogP contribution in [0.1, 0.15) is 40.0 Å². The maximum absolute atomic E-state index is 12.0. The lowest BCUT2D eigenvalue weighted by Crippen LogP contribution is -2.35. The third-order valence-electron chi connectivity index (χ3n) is 2.98. The Hall–Kier alpha value is -1.14. The molecule has 110 valence electrons. The zero-order valence-electron chi connectivity index (χ0n) is 12.0.